The number of amides is 1. The Morgan fingerprint density at radius 2 is 2.37 bits per heavy atom. The van der Waals surface area contributed by atoms with Crippen molar-refractivity contribution in [3.63, 3.8) is 0 Å². The van der Waals surface area contributed by atoms with Gasteiger partial charge in [-0.15, -0.1) is 0 Å². The number of carbonyl (C=O) groups excluding carboxylic acids is 1. The summed E-state index contributed by atoms with van der Waals surface area (Å²) in [6.45, 7) is 2.90. The zero-order valence-corrected chi connectivity index (χ0v) is 10.6. The van der Waals surface area contributed by atoms with Crippen LogP contribution in [-0.4, -0.2) is 27.2 Å². The van der Waals surface area contributed by atoms with Gasteiger partial charge in [0.05, 0.1) is 5.69 Å². The van der Waals surface area contributed by atoms with E-state index >= 15 is 0 Å². The molecule has 1 amide bonds. The maximum absolute atomic E-state index is 11.9. The van der Waals surface area contributed by atoms with Gasteiger partial charge in [0, 0.05) is 11.3 Å². The molecule has 19 heavy (non-hydrogen) atoms. The van der Waals surface area contributed by atoms with E-state index in [4.69, 9.17) is 0 Å². The highest BCUT2D eigenvalue weighted by Gasteiger charge is 2.29. The lowest BCUT2D eigenvalue weighted by molar-refractivity contribution is -0.117. The second kappa shape index (κ2) is 4.81. The second-order valence-electron chi connectivity index (χ2n) is 4.49. The molecule has 2 heterocycles. The second-order valence-corrected chi connectivity index (χ2v) is 4.49. The topological polar surface area (TPSA) is 71.8 Å². The Kier molecular flexibility index (Phi) is 3.00. The smallest absolute Gasteiger partial charge is 0.246 e. The van der Waals surface area contributed by atoms with Crippen LogP contribution in [0.1, 0.15) is 24.9 Å². The molecule has 1 aliphatic heterocycles. The number of carbonyl (C=O) groups is 1. The summed E-state index contributed by atoms with van der Waals surface area (Å²) in [4.78, 5) is 15.8. The number of fused-ring (bicyclic) bond motifs is 1. The normalized spacial score (nSPS) is 17.3. The fraction of sp³-hybridized carbons (Fsp3) is 0.308. The Balaban J connectivity index is 1.91. The van der Waals surface area contributed by atoms with Gasteiger partial charge >= 0.3 is 0 Å². The van der Waals surface area contributed by atoms with Gasteiger partial charge in [-0.3, -0.25) is 4.79 Å². The summed E-state index contributed by atoms with van der Waals surface area (Å²) in [5.41, 5.74) is 2.71. The van der Waals surface area contributed by atoms with E-state index in [9.17, 15) is 4.79 Å². The number of aromatic nitrogens is 3. The fourth-order valence-electron chi connectivity index (χ4n) is 2.23. The van der Waals surface area contributed by atoms with E-state index in [2.05, 4.69) is 27.6 Å². The molecule has 6 nitrogen and oxygen atoms in total. The molecule has 1 aromatic heterocycles. The molecule has 0 saturated heterocycles. The monoisotopic (exact) mass is 257 g/mol. The van der Waals surface area contributed by atoms with E-state index < -0.39 is 0 Å². The third-order valence-corrected chi connectivity index (χ3v) is 3.15. The molecule has 3 rings (SSSR count). The Morgan fingerprint density at radius 3 is 3.11 bits per heavy atom. The van der Waals surface area contributed by atoms with Gasteiger partial charge in [0.25, 0.3) is 0 Å². The summed E-state index contributed by atoms with van der Waals surface area (Å²) in [5.74, 6) is -0.000750. The molecule has 6 heteroatoms. The number of anilines is 1. The third kappa shape index (κ3) is 2.10. The highest BCUT2D eigenvalue weighted by molar-refractivity contribution is 6.02. The molecule has 98 valence electrons. The minimum absolute atomic E-state index is 0.000750. The summed E-state index contributed by atoms with van der Waals surface area (Å²) >= 11 is 0. The van der Waals surface area contributed by atoms with E-state index in [0.717, 1.165) is 29.9 Å². The van der Waals surface area contributed by atoms with Crippen LogP contribution < -0.4 is 10.6 Å². The van der Waals surface area contributed by atoms with Crippen molar-refractivity contribution >= 4 is 11.6 Å². The third-order valence-electron chi connectivity index (χ3n) is 3.15. The lowest BCUT2D eigenvalue weighted by Crippen LogP contribution is -2.27. The molecule has 1 aromatic carbocycles. The van der Waals surface area contributed by atoms with Crippen molar-refractivity contribution in [2.45, 2.75) is 19.4 Å². The number of nitrogens with zero attached hydrogens (tertiary/aromatic N) is 3. The van der Waals surface area contributed by atoms with Crippen LogP contribution in [0.5, 0.6) is 0 Å². The average molecular weight is 257 g/mol. The fourth-order valence-corrected chi connectivity index (χ4v) is 2.23. The van der Waals surface area contributed by atoms with Crippen LogP contribution in [0.4, 0.5) is 5.69 Å². The minimum Gasteiger partial charge on any atom is -0.324 e. The quantitative estimate of drug-likeness (QED) is 0.865. The molecular weight excluding hydrogens is 242 g/mol. The van der Waals surface area contributed by atoms with Gasteiger partial charge < -0.3 is 10.6 Å². The molecule has 0 spiro atoms. The molecule has 0 aliphatic carbocycles. The minimum atomic E-state index is -0.250. The number of rotatable bonds is 4. The first-order valence-electron chi connectivity index (χ1n) is 6.33. The first kappa shape index (κ1) is 11.9. The number of nitrogens with one attached hydrogen (secondary N) is 2. The van der Waals surface area contributed by atoms with Crippen LogP contribution in [0.3, 0.4) is 0 Å². The van der Waals surface area contributed by atoms with Gasteiger partial charge in [-0.2, -0.15) is 5.10 Å². The van der Waals surface area contributed by atoms with Crippen molar-refractivity contribution in [2.24, 2.45) is 0 Å². The first-order valence-corrected chi connectivity index (χ1v) is 6.33. The van der Waals surface area contributed by atoms with Gasteiger partial charge in [0.2, 0.25) is 5.91 Å². The van der Waals surface area contributed by atoms with Crippen LogP contribution in [-0.2, 0) is 4.79 Å². The Hall–Kier alpha value is -2.21. The van der Waals surface area contributed by atoms with Gasteiger partial charge in [-0.1, -0.05) is 13.0 Å². The van der Waals surface area contributed by atoms with Crippen LogP contribution in [0.2, 0.25) is 0 Å². The van der Waals surface area contributed by atoms with Crippen LogP contribution in [0.15, 0.2) is 30.9 Å². The molecule has 1 aliphatic rings. The maximum atomic E-state index is 11.9. The lowest BCUT2D eigenvalue weighted by atomic mass is 10.1. The van der Waals surface area contributed by atoms with Crippen molar-refractivity contribution in [2.75, 3.05) is 11.9 Å². The Bertz CT molecular complexity index is 593. The average Bonchev–Trinajstić information content (AvgIpc) is 3.03. The number of benzene rings is 1. The van der Waals surface area contributed by atoms with Gasteiger partial charge in [-0.05, 0) is 25.1 Å². The van der Waals surface area contributed by atoms with Crippen LogP contribution in [0.25, 0.3) is 5.69 Å². The zero-order chi connectivity index (χ0) is 13.2. The van der Waals surface area contributed by atoms with Crippen molar-refractivity contribution in [3.8, 4) is 5.69 Å². The summed E-state index contributed by atoms with van der Waals surface area (Å²) in [7, 11) is 0. The maximum Gasteiger partial charge on any atom is 0.246 e. The SMILES string of the molecule is CCCNC1C(=O)Nc2cc(-n3cncn3)ccc21. The number of hydrogen-bond donors (Lipinski definition) is 2. The zero-order valence-electron chi connectivity index (χ0n) is 10.6. The molecule has 2 aromatic rings. The predicted octanol–water partition coefficient (Wildman–Crippen LogP) is 1.26. The highest BCUT2D eigenvalue weighted by Crippen LogP contribution is 2.32. The first-order chi connectivity index (χ1) is 9.29. The van der Waals surface area contributed by atoms with Crippen molar-refractivity contribution in [1.29, 1.82) is 0 Å². The summed E-state index contributed by atoms with van der Waals surface area (Å²) in [6, 6.07) is 5.56. The molecule has 0 bridgehead atoms. The highest BCUT2D eigenvalue weighted by atomic mass is 16.2. The number of hydrogen-bond acceptors (Lipinski definition) is 4. The Morgan fingerprint density at radius 1 is 1.47 bits per heavy atom. The molecule has 0 fully saturated rings. The van der Waals surface area contributed by atoms with E-state index in [1.54, 1.807) is 11.0 Å². The van der Waals surface area contributed by atoms with E-state index in [-0.39, 0.29) is 11.9 Å². The molecule has 1 atom stereocenters. The van der Waals surface area contributed by atoms with E-state index in [0.29, 0.717) is 0 Å². The van der Waals surface area contributed by atoms with Crippen LogP contribution in [0, 0.1) is 0 Å². The van der Waals surface area contributed by atoms with Gasteiger partial charge in [0.15, 0.2) is 0 Å². The molecule has 0 saturated carbocycles. The molecule has 1 unspecified atom stereocenters. The van der Waals surface area contributed by atoms with Crippen molar-refractivity contribution in [1.82, 2.24) is 20.1 Å². The largest absolute Gasteiger partial charge is 0.324 e. The lowest BCUT2D eigenvalue weighted by Gasteiger charge is -2.10. The van der Waals surface area contributed by atoms with Gasteiger partial charge in [-0.25, -0.2) is 9.67 Å². The predicted molar refractivity (Wildman–Crippen MR) is 71.0 cm³/mol. The molecule has 2 N–H and O–H groups in total. The standard InChI is InChI=1S/C13H15N5O/c1-2-5-15-12-10-4-3-9(18-8-14-7-16-18)6-11(10)17-13(12)19/h3-4,6-8,12,15H,2,5H2,1H3,(H,17,19). The van der Waals surface area contributed by atoms with Crippen molar-refractivity contribution in [3.05, 3.63) is 36.4 Å². The van der Waals surface area contributed by atoms with Crippen LogP contribution >= 0.6 is 0 Å². The summed E-state index contributed by atoms with van der Waals surface area (Å²) in [5, 5.41) is 10.2. The summed E-state index contributed by atoms with van der Waals surface area (Å²) in [6.07, 6.45) is 4.11. The molecule has 0 radical (unpaired) electrons. The summed E-state index contributed by atoms with van der Waals surface area (Å²) < 4.78 is 1.67. The Labute approximate surface area is 110 Å². The van der Waals surface area contributed by atoms with E-state index in [1.807, 2.05) is 18.2 Å². The van der Waals surface area contributed by atoms with E-state index in [1.165, 1.54) is 6.33 Å². The van der Waals surface area contributed by atoms with Crippen molar-refractivity contribution < 1.29 is 4.79 Å². The molecular formula is C13H15N5O. The van der Waals surface area contributed by atoms with Gasteiger partial charge in [0.1, 0.15) is 18.7 Å².